The van der Waals surface area contributed by atoms with Crippen LogP contribution in [0.15, 0.2) is 72.8 Å². The van der Waals surface area contributed by atoms with E-state index in [0.29, 0.717) is 50.8 Å². The first kappa shape index (κ1) is 28.0. The Kier molecular flexibility index (Phi) is 9.11. The van der Waals surface area contributed by atoms with Crippen molar-refractivity contribution >= 4 is 53.6 Å². The SMILES string of the molecule is NC(=O)CCCCCc1ccc2nc(-c3ccc(B(O)O)cc3)cc(C(=O)Nc3ccc(B(O)O)cc3)c2c1. The molecule has 9 nitrogen and oxygen atoms in total. The fourth-order valence-electron chi connectivity index (χ4n) is 4.33. The number of nitrogens with one attached hydrogen (secondary N) is 1. The Labute approximate surface area is 226 Å². The highest BCUT2D eigenvalue weighted by Crippen LogP contribution is 2.27. The lowest BCUT2D eigenvalue weighted by Crippen LogP contribution is -2.29. The number of aromatic nitrogens is 1. The summed E-state index contributed by atoms with van der Waals surface area (Å²) in [6.45, 7) is 0. The summed E-state index contributed by atoms with van der Waals surface area (Å²) >= 11 is 0. The van der Waals surface area contributed by atoms with Gasteiger partial charge in [0.1, 0.15) is 0 Å². The summed E-state index contributed by atoms with van der Waals surface area (Å²) in [5.41, 5.74) is 9.67. The molecule has 4 rings (SSSR count). The van der Waals surface area contributed by atoms with Crippen molar-refractivity contribution in [2.75, 3.05) is 5.32 Å². The van der Waals surface area contributed by atoms with Crippen molar-refractivity contribution in [2.24, 2.45) is 5.73 Å². The number of amides is 2. The predicted octanol–water partition coefficient (Wildman–Crippen LogP) is 1.10. The van der Waals surface area contributed by atoms with E-state index in [1.807, 2.05) is 18.2 Å². The Morgan fingerprint density at radius 1 is 0.795 bits per heavy atom. The molecular formula is C28H29B2N3O6. The van der Waals surface area contributed by atoms with Gasteiger partial charge < -0.3 is 31.1 Å². The fraction of sp³-hybridized carbons (Fsp3) is 0.179. The summed E-state index contributed by atoms with van der Waals surface area (Å²) < 4.78 is 0. The first-order valence-corrected chi connectivity index (χ1v) is 12.7. The number of benzene rings is 3. The molecule has 0 aliphatic heterocycles. The van der Waals surface area contributed by atoms with E-state index in [1.54, 1.807) is 42.5 Å². The van der Waals surface area contributed by atoms with Crippen LogP contribution in [0.25, 0.3) is 22.2 Å². The molecule has 3 aromatic carbocycles. The molecule has 7 N–H and O–H groups in total. The second kappa shape index (κ2) is 12.7. The number of unbranched alkanes of at least 4 members (excludes halogenated alkanes) is 2. The number of nitrogens with two attached hydrogens (primary N) is 1. The molecule has 0 bridgehead atoms. The lowest BCUT2D eigenvalue weighted by molar-refractivity contribution is -0.118. The van der Waals surface area contributed by atoms with Crippen LogP contribution in [0.5, 0.6) is 0 Å². The molecule has 2 amide bonds. The van der Waals surface area contributed by atoms with Crippen molar-refractivity contribution in [1.82, 2.24) is 4.98 Å². The van der Waals surface area contributed by atoms with Gasteiger partial charge in [0.2, 0.25) is 5.91 Å². The second-order valence-electron chi connectivity index (χ2n) is 9.38. The lowest BCUT2D eigenvalue weighted by atomic mass is 9.80. The molecule has 1 aromatic heterocycles. The first-order chi connectivity index (χ1) is 18.7. The maximum Gasteiger partial charge on any atom is 0.488 e. The van der Waals surface area contributed by atoms with Crippen LogP contribution in [0.2, 0.25) is 0 Å². The number of carbonyl (C=O) groups excluding carboxylic acids is 2. The van der Waals surface area contributed by atoms with Crippen LogP contribution in [0.3, 0.4) is 0 Å². The zero-order chi connectivity index (χ0) is 27.9. The number of primary amides is 1. The van der Waals surface area contributed by atoms with Gasteiger partial charge in [-0.1, -0.05) is 48.9 Å². The number of aryl methyl sites for hydroxylation is 1. The zero-order valence-electron chi connectivity index (χ0n) is 21.2. The van der Waals surface area contributed by atoms with Gasteiger partial charge in [-0.2, -0.15) is 0 Å². The largest absolute Gasteiger partial charge is 0.488 e. The average molecular weight is 525 g/mol. The van der Waals surface area contributed by atoms with Crippen molar-refractivity contribution < 1.29 is 29.7 Å². The summed E-state index contributed by atoms with van der Waals surface area (Å²) in [7, 11) is -3.19. The Morgan fingerprint density at radius 3 is 2.05 bits per heavy atom. The number of anilines is 1. The first-order valence-electron chi connectivity index (χ1n) is 12.7. The Hall–Kier alpha value is -4.02. The van der Waals surface area contributed by atoms with Crippen LogP contribution < -0.4 is 22.0 Å². The number of nitrogens with zero attached hydrogens (tertiary/aromatic N) is 1. The standard InChI is InChI=1S/C28H29B2N3O6/c31-27(34)5-3-1-2-4-18-6-15-25-23(16-18)24(28(35)32-22-13-11-21(12-14-22)30(38)39)17-26(33-25)19-7-9-20(10-8-19)29(36)37/h6-17,36-39H,1-5H2,(H2,31,34)(H,32,35). The molecule has 11 heteroatoms. The minimum atomic E-state index is -1.60. The molecule has 4 aromatic rings. The molecule has 0 radical (unpaired) electrons. The van der Waals surface area contributed by atoms with Crippen molar-refractivity contribution in [1.29, 1.82) is 0 Å². The molecule has 0 atom stereocenters. The zero-order valence-corrected chi connectivity index (χ0v) is 21.2. The van der Waals surface area contributed by atoms with E-state index in [-0.39, 0.29) is 11.8 Å². The molecule has 0 saturated heterocycles. The summed E-state index contributed by atoms with van der Waals surface area (Å²) in [6.07, 6.45) is 3.61. The fourth-order valence-corrected chi connectivity index (χ4v) is 4.33. The van der Waals surface area contributed by atoms with E-state index in [0.717, 1.165) is 31.2 Å². The molecule has 0 aliphatic rings. The minimum Gasteiger partial charge on any atom is -0.423 e. The van der Waals surface area contributed by atoms with Gasteiger partial charge in [-0.15, -0.1) is 0 Å². The molecule has 0 fully saturated rings. The number of hydrogen-bond donors (Lipinski definition) is 6. The van der Waals surface area contributed by atoms with Gasteiger partial charge in [-0.05, 0) is 66.1 Å². The molecule has 39 heavy (non-hydrogen) atoms. The van der Waals surface area contributed by atoms with Crippen molar-refractivity contribution in [3.05, 3.63) is 83.9 Å². The Balaban J connectivity index is 1.67. The van der Waals surface area contributed by atoms with Gasteiger partial charge in [-0.3, -0.25) is 9.59 Å². The highest BCUT2D eigenvalue weighted by atomic mass is 16.4. The highest BCUT2D eigenvalue weighted by Gasteiger charge is 2.17. The Morgan fingerprint density at radius 2 is 1.44 bits per heavy atom. The van der Waals surface area contributed by atoms with E-state index in [1.165, 1.54) is 12.1 Å². The predicted molar refractivity (Wildman–Crippen MR) is 153 cm³/mol. The second-order valence-corrected chi connectivity index (χ2v) is 9.38. The topological polar surface area (TPSA) is 166 Å². The van der Waals surface area contributed by atoms with E-state index < -0.39 is 14.2 Å². The smallest absolute Gasteiger partial charge is 0.423 e. The van der Waals surface area contributed by atoms with Gasteiger partial charge in [0.15, 0.2) is 0 Å². The summed E-state index contributed by atoms with van der Waals surface area (Å²) in [6, 6.07) is 20.3. The van der Waals surface area contributed by atoms with Crippen molar-refractivity contribution in [3.8, 4) is 11.3 Å². The van der Waals surface area contributed by atoms with Crippen LogP contribution in [-0.2, 0) is 11.2 Å². The molecule has 1 heterocycles. The molecule has 0 unspecified atom stereocenters. The highest BCUT2D eigenvalue weighted by molar-refractivity contribution is 6.59. The molecule has 0 aliphatic carbocycles. The molecular weight excluding hydrogens is 496 g/mol. The van der Waals surface area contributed by atoms with E-state index >= 15 is 0 Å². The number of rotatable bonds is 11. The average Bonchev–Trinajstić information content (AvgIpc) is 2.92. The molecule has 198 valence electrons. The van der Waals surface area contributed by atoms with E-state index in [2.05, 4.69) is 5.32 Å². The third-order valence-corrected chi connectivity index (χ3v) is 6.48. The Bertz CT molecular complexity index is 1460. The van der Waals surface area contributed by atoms with Gasteiger partial charge in [0.25, 0.3) is 5.91 Å². The molecule has 0 spiro atoms. The number of pyridine rings is 1. The minimum absolute atomic E-state index is 0.303. The maximum absolute atomic E-state index is 13.5. The summed E-state index contributed by atoms with van der Waals surface area (Å²) in [5, 5.41) is 41.0. The lowest BCUT2D eigenvalue weighted by Gasteiger charge is -2.13. The monoisotopic (exact) mass is 525 g/mol. The van der Waals surface area contributed by atoms with E-state index in [4.69, 9.17) is 10.7 Å². The van der Waals surface area contributed by atoms with Gasteiger partial charge in [-0.25, -0.2) is 4.98 Å². The number of fused-ring (bicyclic) bond motifs is 1. The van der Waals surface area contributed by atoms with Crippen LogP contribution in [0.4, 0.5) is 5.69 Å². The van der Waals surface area contributed by atoms with E-state index in [9.17, 15) is 29.7 Å². The summed E-state index contributed by atoms with van der Waals surface area (Å²) in [4.78, 5) is 29.2. The third kappa shape index (κ3) is 7.30. The van der Waals surface area contributed by atoms with Crippen LogP contribution in [0.1, 0.15) is 41.6 Å². The molecule has 0 saturated carbocycles. The number of hydrogen-bond acceptors (Lipinski definition) is 7. The van der Waals surface area contributed by atoms with Gasteiger partial charge in [0.05, 0.1) is 16.8 Å². The van der Waals surface area contributed by atoms with Crippen LogP contribution in [0, 0.1) is 0 Å². The maximum atomic E-state index is 13.5. The number of carbonyl (C=O) groups is 2. The third-order valence-electron chi connectivity index (χ3n) is 6.48. The van der Waals surface area contributed by atoms with Gasteiger partial charge >= 0.3 is 14.2 Å². The van der Waals surface area contributed by atoms with Crippen molar-refractivity contribution in [3.63, 3.8) is 0 Å². The van der Waals surface area contributed by atoms with Gasteiger partial charge in [0, 0.05) is 23.1 Å². The van der Waals surface area contributed by atoms with Crippen LogP contribution >= 0.6 is 0 Å². The van der Waals surface area contributed by atoms with Crippen LogP contribution in [-0.4, -0.2) is 51.1 Å². The quantitative estimate of drug-likeness (QED) is 0.126. The summed E-state index contributed by atoms with van der Waals surface area (Å²) in [5.74, 6) is -0.662. The normalized spacial score (nSPS) is 10.9. The van der Waals surface area contributed by atoms with Crippen molar-refractivity contribution in [2.45, 2.75) is 32.1 Å².